The number of benzene rings is 1. The zero-order valence-electron chi connectivity index (χ0n) is 11.8. The van der Waals surface area contributed by atoms with Crippen molar-refractivity contribution in [2.24, 2.45) is 0 Å². The van der Waals surface area contributed by atoms with E-state index in [1.165, 1.54) is 6.07 Å². The Morgan fingerprint density at radius 1 is 1.17 bits per heavy atom. The van der Waals surface area contributed by atoms with E-state index in [0.717, 1.165) is 6.07 Å². The van der Waals surface area contributed by atoms with Crippen molar-refractivity contribution in [1.29, 1.82) is 0 Å². The molecular weight excluding hydrogens is 347 g/mol. The second-order valence-electron chi connectivity index (χ2n) is 5.13. The first-order valence-electron chi connectivity index (χ1n) is 6.67. The average molecular weight is 357 g/mol. The van der Waals surface area contributed by atoms with Crippen LogP contribution in [0.3, 0.4) is 0 Å². The van der Waals surface area contributed by atoms with Gasteiger partial charge in [0.05, 0.1) is 10.2 Å². The van der Waals surface area contributed by atoms with Crippen LogP contribution >= 0.6 is 11.3 Å². The fourth-order valence-corrected chi connectivity index (χ4v) is 3.31. The fourth-order valence-electron chi connectivity index (χ4n) is 2.24. The first-order chi connectivity index (χ1) is 11.2. The van der Waals surface area contributed by atoms with Crippen molar-refractivity contribution in [3.63, 3.8) is 0 Å². The number of alkyl halides is 3. The molecule has 0 aliphatic rings. The highest BCUT2D eigenvalue weighted by molar-refractivity contribution is 7.18. The van der Waals surface area contributed by atoms with Crippen LogP contribution in [0.15, 0.2) is 39.9 Å². The smallest absolute Gasteiger partial charge is 0.374 e. The summed E-state index contributed by atoms with van der Waals surface area (Å²) in [6, 6.07) is 7.17. The van der Waals surface area contributed by atoms with Crippen molar-refractivity contribution in [2.75, 3.05) is 0 Å². The van der Waals surface area contributed by atoms with Crippen LogP contribution in [-0.4, -0.2) is 26.2 Å². The Balaban J connectivity index is 2.14. The molecule has 0 spiro atoms. The van der Waals surface area contributed by atoms with Crippen LogP contribution in [0.25, 0.3) is 10.2 Å². The fraction of sp³-hybridized carbons (Fsp3) is 0.214. The van der Waals surface area contributed by atoms with Crippen LogP contribution in [0.4, 0.5) is 13.2 Å². The van der Waals surface area contributed by atoms with Crippen LogP contribution in [0.1, 0.15) is 10.7 Å². The van der Waals surface area contributed by atoms with E-state index in [4.69, 9.17) is 0 Å². The SMILES string of the molecule is O=c1cc(CC(O)(c2nc3ccccc3s2)C(F)(F)F)[nH]c(=O)[nH]1. The summed E-state index contributed by atoms with van der Waals surface area (Å²) in [5.41, 5.74) is -5.16. The molecule has 0 aliphatic heterocycles. The summed E-state index contributed by atoms with van der Waals surface area (Å²) in [4.78, 5) is 30.3. The van der Waals surface area contributed by atoms with E-state index in [1.807, 2.05) is 4.98 Å². The number of aliphatic hydroxyl groups is 1. The number of fused-ring (bicyclic) bond motifs is 1. The summed E-state index contributed by atoms with van der Waals surface area (Å²) in [7, 11) is 0. The van der Waals surface area contributed by atoms with E-state index >= 15 is 0 Å². The highest BCUT2D eigenvalue weighted by atomic mass is 32.1. The molecule has 10 heteroatoms. The van der Waals surface area contributed by atoms with Crippen molar-refractivity contribution in [3.8, 4) is 0 Å². The van der Waals surface area contributed by atoms with E-state index in [2.05, 4.69) is 9.97 Å². The molecule has 3 rings (SSSR count). The molecule has 1 aromatic carbocycles. The van der Waals surface area contributed by atoms with E-state index < -0.39 is 34.5 Å². The van der Waals surface area contributed by atoms with Crippen LogP contribution < -0.4 is 11.2 Å². The van der Waals surface area contributed by atoms with Gasteiger partial charge < -0.3 is 10.1 Å². The minimum atomic E-state index is -5.06. The monoisotopic (exact) mass is 357 g/mol. The molecule has 0 amide bonds. The number of aromatic nitrogens is 3. The van der Waals surface area contributed by atoms with Gasteiger partial charge >= 0.3 is 11.9 Å². The van der Waals surface area contributed by atoms with Crippen molar-refractivity contribution in [3.05, 3.63) is 61.9 Å². The van der Waals surface area contributed by atoms with Gasteiger partial charge in [0.1, 0.15) is 5.01 Å². The number of nitrogens with zero attached hydrogens (tertiary/aromatic N) is 1. The van der Waals surface area contributed by atoms with Crippen molar-refractivity contribution in [1.82, 2.24) is 15.0 Å². The van der Waals surface area contributed by atoms with Gasteiger partial charge in [-0.15, -0.1) is 11.3 Å². The second kappa shape index (κ2) is 5.56. The lowest BCUT2D eigenvalue weighted by Gasteiger charge is -2.28. The molecular formula is C14H10F3N3O3S. The van der Waals surface area contributed by atoms with E-state index in [1.54, 1.807) is 18.2 Å². The van der Waals surface area contributed by atoms with Gasteiger partial charge in [0.2, 0.25) is 5.60 Å². The molecule has 1 unspecified atom stereocenters. The number of hydrogen-bond acceptors (Lipinski definition) is 5. The Morgan fingerprint density at radius 2 is 1.88 bits per heavy atom. The van der Waals surface area contributed by atoms with Crippen molar-refractivity contribution < 1.29 is 18.3 Å². The highest BCUT2D eigenvalue weighted by Gasteiger charge is 2.57. The number of hydrogen-bond donors (Lipinski definition) is 3. The molecule has 0 bridgehead atoms. The van der Waals surface area contributed by atoms with Gasteiger partial charge in [-0.1, -0.05) is 12.1 Å². The third kappa shape index (κ3) is 2.85. The largest absolute Gasteiger partial charge is 0.424 e. The molecule has 2 heterocycles. The highest BCUT2D eigenvalue weighted by Crippen LogP contribution is 2.43. The minimum Gasteiger partial charge on any atom is -0.374 e. The first-order valence-corrected chi connectivity index (χ1v) is 7.48. The lowest BCUT2D eigenvalue weighted by molar-refractivity contribution is -0.266. The predicted octanol–water partition coefficient (Wildman–Crippen LogP) is 1.67. The molecule has 6 nitrogen and oxygen atoms in total. The van der Waals surface area contributed by atoms with Crippen molar-refractivity contribution in [2.45, 2.75) is 18.2 Å². The summed E-state index contributed by atoms with van der Waals surface area (Å²) >= 11 is 0.700. The Kier molecular flexibility index (Phi) is 3.80. The third-order valence-electron chi connectivity index (χ3n) is 3.38. The van der Waals surface area contributed by atoms with Crippen LogP contribution in [0, 0.1) is 0 Å². The molecule has 2 aromatic heterocycles. The second-order valence-corrected chi connectivity index (χ2v) is 6.17. The first kappa shape index (κ1) is 16.4. The Morgan fingerprint density at radius 3 is 2.50 bits per heavy atom. The maximum atomic E-state index is 13.5. The number of para-hydroxylation sites is 1. The maximum Gasteiger partial charge on any atom is 0.424 e. The molecule has 126 valence electrons. The normalized spacial score (nSPS) is 14.7. The van der Waals surface area contributed by atoms with Crippen LogP contribution in [0.2, 0.25) is 0 Å². The molecule has 0 saturated carbocycles. The summed E-state index contributed by atoms with van der Waals surface area (Å²) < 4.78 is 41.1. The number of H-pyrrole nitrogens is 2. The number of halogens is 3. The van der Waals surface area contributed by atoms with E-state index in [9.17, 15) is 27.9 Å². The average Bonchev–Trinajstić information content (AvgIpc) is 2.89. The molecule has 24 heavy (non-hydrogen) atoms. The zero-order valence-corrected chi connectivity index (χ0v) is 12.7. The number of rotatable bonds is 3. The van der Waals surface area contributed by atoms with Gasteiger partial charge in [0, 0.05) is 18.2 Å². The minimum absolute atomic E-state index is 0.319. The van der Waals surface area contributed by atoms with E-state index in [-0.39, 0.29) is 5.69 Å². The standard InChI is InChI=1S/C14H10F3N3O3S/c15-14(16,17)13(23,6-7-5-10(21)20-12(22)18-7)11-19-8-3-1-2-4-9(8)24-11/h1-5,23H,6H2,(H2,18,20,21,22). The van der Waals surface area contributed by atoms with Gasteiger partial charge in [0.15, 0.2) is 0 Å². The van der Waals surface area contributed by atoms with Gasteiger partial charge in [0.25, 0.3) is 5.56 Å². The lowest BCUT2D eigenvalue weighted by Crippen LogP contribution is -2.45. The maximum absolute atomic E-state index is 13.5. The Bertz CT molecular complexity index is 946. The summed E-state index contributed by atoms with van der Waals surface area (Å²) in [6.07, 6.45) is -6.09. The van der Waals surface area contributed by atoms with Gasteiger partial charge in [-0.2, -0.15) is 13.2 Å². The zero-order chi connectivity index (χ0) is 17.5. The van der Waals surface area contributed by atoms with Gasteiger partial charge in [-0.25, -0.2) is 9.78 Å². The number of nitrogens with one attached hydrogen (secondary N) is 2. The topological polar surface area (TPSA) is 98.8 Å². The lowest BCUT2D eigenvalue weighted by atomic mass is 9.97. The molecule has 0 radical (unpaired) electrons. The predicted molar refractivity (Wildman–Crippen MR) is 81.0 cm³/mol. The molecule has 0 saturated heterocycles. The summed E-state index contributed by atoms with van der Waals surface area (Å²) in [6.45, 7) is 0. The Hall–Kier alpha value is -2.46. The van der Waals surface area contributed by atoms with Crippen molar-refractivity contribution >= 4 is 21.6 Å². The Labute approximate surface area is 135 Å². The number of aromatic amines is 2. The molecule has 3 N–H and O–H groups in total. The third-order valence-corrected chi connectivity index (χ3v) is 4.57. The molecule has 3 aromatic rings. The summed E-state index contributed by atoms with van der Waals surface area (Å²) in [5.74, 6) is 0. The molecule has 0 aliphatic carbocycles. The van der Waals surface area contributed by atoms with E-state index in [0.29, 0.717) is 21.6 Å². The van der Waals surface area contributed by atoms with Crippen LogP contribution in [-0.2, 0) is 12.0 Å². The molecule has 1 atom stereocenters. The number of thiazole rings is 1. The quantitative estimate of drug-likeness (QED) is 0.664. The summed E-state index contributed by atoms with van der Waals surface area (Å²) in [5, 5.41) is 9.79. The van der Waals surface area contributed by atoms with Gasteiger partial charge in [-0.3, -0.25) is 9.78 Å². The molecule has 0 fully saturated rings. The van der Waals surface area contributed by atoms with Gasteiger partial charge in [-0.05, 0) is 12.1 Å². The van der Waals surface area contributed by atoms with Crippen LogP contribution in [0.5, 0.6) is 0 Å².